The number of aliphatic hydroxyl groups excluding tert-OH is 1. The van der Waals surface area contributed by atoms with Crippen LogP contribution >= 0.6 is 0 Å². The van der Waals surface area contributed by atoms with Crippen LogP contribution in [0.1, 0.15) is 21.6 Å². The average Bonchev–Trinajstić information content (AvgIpc) is 2.69. The molecule has 2 aromatic rings. The van der Waals surface area contributed by atoms with Crippen molar-refractivity contribution in [2.75, 3.05) is 38.0 Å². The minimum absolute atomic E-state index is 0.191. The van der Waals surface area contributed by atoms with Gasteiger partial charge in [0.1, 0.15) is 17.8 Å². The molecule has 2 aliphatic rings. The summed E-state index contributed by atoms with van der Waals surface area (Å²) in [7, 11) is 0. The monoisotopic (exact) mass is 382 g/mol. The number of hydrogen-bond donors (Lipinski definition) is 4. The Kier molecular flexibility index (Phi) is 5.80. The molecule has 0 bridgehead atoms. The van der Waals surface area contributed by atoms with Gasteiger partial charge in [-0.05, 0) is 17.5 Å². The van der Waals surface area contributed by atoms with E-state index in [2.05, 4.69) is 49.0 Å². The predicted molar refractivity (Wildman–Crippen MR) is 106 cm³/mol. The zero-order valence-electron chi connectivity index (χ0n) is 15.8. The standard InChI is InChI=1S/C20H26N6O2/c27-17(12-26-6-5-14-3-1-2-4-15(14)11-26)10-22-20(28)18-7-19(24-13-23-18)25-16-8-21-9-16/h1-4,7,13,16-17,21,27H,5-6,8-12H2,(H,22,28)(H,23,24,25)/t17-/m1/s1. The first-order valence-corrected chi connectivity index (χ1v) is 9.72. The van der Waals surface area contributed by atoms with Crippen LogP contribution in [0.3, 0.4) is 0 Å². The predicted octanol–water partition coefficient (Wildman–Crippen LogP) is 0.00930. The Morgan fingerprint density at radius 1 is 1.29 bits per heavy atom. The van der Waals surface area contributed by atoms with E-state index < -0.39 is 6.10 Å². The largest absolute Gasteiger partial charge is 0.390 e. The summed E-state index contributed by atoms with van der Waals surface area (Å²) in [5.41, 5.74) is 2.99. The molecule has 0 radical (unpaired) electrons. The van der Waals surface area contributed by atoms with Crippen LogP contribution in [-0.4, -0.2) is 70.8 Å². The highest BCUT2D eigenvalue weighted by molar-refractivity contribution is 5.92. The van der Waals surface area contributed by atoms with Crippen LogP contribution in [0.4, 0.5) is 5.82 Å². The van der Waals surface area contributed by atoms with Crippen molar-refractivity contribution < 1.29 is 9.90 Å². The van der Waals surface area contributed by atoms with Gasteiger partial charge in [-0.3, -0.25) is 9.69 Å². The van der Waals surface area contributed by atoms with E-state index in [1.165, 1.54) is 17.5 Å². The molecule has 1 fully saturated rings. The molecular formula is C20H26N6O2. The Balaban J connectivity index is 1.25. The first-order chi connectivity index (χ1) is 13.7. The number of carbonyl (C=O) groups is 1. The Morgan fingerprint density at radius 2 is 2.11 bits per heavy atom. The minimum Gasteiger partial charge on any atom is -0.390 e. The summed E-state index contributed by atoms with van der Waals surface area (Å²) in [4.78, 5) is 22.8. The summed E-state index contributed by atoms with van der Waals surface area (Å²) < 4.78 is 0. The number of carbonyl (C=O) groups excluding carboxylic acids is 1. The topological polar surface area (TPSA) is 102 Å². The number of nitrogens with one attached hydrogen (secondary N) is 3. The molecule has 0 unspecified atom stereocenters. The maximum Gasteiger partial charge on any atom is 0.270 e. The van der Waals surface area contributed by atoms with E-state index in [4.69, 9.17) is 0 Å². The molecular weight excluding hydrogens is 356 g/mol. The number of hydrogen-bond acceptors (Lipinski definition) is 7. The van der Waals surface area contributed by atoms with E-state index in [0.29, 0.717) is 24.1 Å². The molecule has 4 rings (SSSR count). The van der Waals surface area contributed by atoms with Crippen LogP contribution < -0.4 is 16.0 Å². The van der Waals surface area contributed by atoms with Crippen molar-refractivity contribution in [2.45, 2.75) is 25.1 Å². The fourth-order valence-corrected chi connectivity index (χ4v) is 3.53. The van der Waals surface area contributed by atoms with Gasteiger partial charge in [0, 0.05) is 45.3 Å². The lowest BCUT2D eigenvalue weighted by Gasteiger charge is -2.30. The van der Waals surface area contributed by atoms with Gasteiger partial charge >= 0.3 is 0 Å². The summed E-state index contributed by atoms with van der Waals surface area (Å²) in [6.45, 7) is 4.24. The lowest BCUT2D eigenvalue weighted by Crippen LogP contribution is -2.51. The van der Waals surface area contributed by atoms with E-state index in [-0.39, 0.29) is 12.5 Å². The first kappa shape index (κ1) is 18.8. The number of rotatable bonds is 7. The SMILES string of the molecule is O=C(NC[C@@H](O)CN1CCc2ccccc2C1)c1cc(NC2CNC2)ncn1. The van der Waals surface area contributed by atoms with Gasteiger partial charge in [-0.2, -0.15) is 0 Å². The highest BCUT2D eigenvalue weighted by atomic mass is 16.3. The molecule has 2 aliphatic heterocycles. The van der Waals surface area contributed by atoms with Gasteiger partial charge in [-0.25, -0.2) is 9.97 Å². The number of fused-ring (bicyclic) bond motifs is 1. The normalized spacial score (nSPS) is 18.0. The van der Waals surface area contributed by atoms with Crippen molar-refractivity contribution in [3.05, 3.63) is 53.5 Å². The fraction of sp³-hybridized carbons (Fsp3) is 0.450. The lowest BCUT2D eigenvalue weighted by atomic mass is 10.00. The highest BCUT2D eigenvalue weighted by Gasteiger charge is 2.20. The second-order valence-corrected chi connectivity index (χ2v) is 7.41. The van der Waals surface area contributed by atoms with Crippen LogP contribution in [0.5, 0.6) is 0 Å². The quantitative estimate of drug-likeness (QED) is 0.535. The van der Waals surface area contributed by atoms with Crippen molar-refractivity contribution in [1.29, 1.82) is 0 Å². The molecule has 4 N–H and O–H groups in total. The summed E-state index contributed by atoms with van der Waals surface area (Å²) in [6, 6.07) is 10.4. The van der Waals surface area contributed by atoms with Gasteiger partial charge in [0.25, 0.3) is 5.91 Å². The number of aliphatic hydroxyl groups is 1. The molecule has 0 aliphatic carbocycles. The average molecular weight is 382 g/mol. The Hall–Kier alpha value is -2.55. The maximum absolute atomic E-state index is 12.4. The molecule has 148 valence electrons. The van der Waals surface area contributed by atoms with Crippen LogP contribution in [0.15, 0.2) is 36.7 Å². The maximum atomic E-state index is 12.4. The zero-order valence-corrected chi connectivity index (χ0v) is 15.8. The van der Waals surface area contributed by atoms with E-state index in [9.17, 15) is 9.90 Å². The molecule has 0 spiro atoms. The molecule has 1 saturated heterocycles. The van der Waals surface area contributed by atoms with Gasteiger partial charge < -0.3 is 21.1 Å². The van der Waals surface area contributed by atoms with Crippen LogP contribution in [0.2, 0.25) is 0 Å². The summed E-state index contributed by atoms with van der Waals surface area (Å²) in [5.74, 6) is 0.333. The van der Waals surface area contributed by atoms with Crippen molar-refractivity contribution in [3.63, 3.8) is 0 Å². The number of nitrogens with zero attached hydrogens (tertiary/aromatic N) is 3. The molecule has 28 heavy (non-hydrogen) atoms. The molecule has 8 heteroatoms. The van der Waals surface area contributed by atoms with E-state index in [1.54, 1.807) is 6.07 Å². The van der Waals surface area contributed by atoms with Crippen molar-refractivity contribution >= 4 is 11.7 Å². The lowest BCUT2D eigenvalue weighted by molar-refractivity contribution is 0.0838. The van der Waals surface area contributed by atoms with E-state index >= 15 is 0 Å². The van der Waals surface area contributed by atoms with Crippen LogP contribution in [-0.2, 0) is 13.0 Å². The molecule has 3 heterocycles. The minimum atomic E-state index is -0.630. The summed E-state index contributed by atoms with van der Waals surface area (Å²) >= 11 is 0. The van der Waals surface area contributed by atoms with Crippen LogP contribution in [0, 0.1) is 0 Å². The van der Waals surface area contributed by atoms with Gasteiger partial charge in [0.05, 0.1) is 12.1 Å². The van der Waals surface area contributed by atoms with Gasteiger partial charge in [-0.15, -0.1) is 0 Å². The molecule has 8 nitrogen and oxygen atoms in total. The van der Waals surface area contributed by atoms with E-state index in [1.807, 2.05) is 6.07 Å². The van der Waals surface area contributed by atoms with Gasteiger partial charge in [-0.1, -0.05) is 24.3 Å². The third-order valence-electron chi connectivity index (χ3n) is 5.21. The summed E-state index contributed by atoms with van der Waals surface area (Å²) in [5, 5.41) is 19.5. The molecule has 1 aromatic carbocycles. The zero-order chi connectivity index (χ0) is 19.3. The number of β-amino-alcohol motifs (C(OH)–C–C–N with tert-alkyl or cyclic N) is 1. The molecule has 0 saturated carbocycles. The third kappa shape index (κ3) is 4.64. The second-order valence-electron chi connectivity index (χ2n) is 7.41. The Labute approximate surface area is 164 Å². The first-order valence-electron chi connectivity index (χ1n) is 9.72. The molecule has 1 atom stereocenters. The third-order valence-corrected chi connectivity index (χ3v) is 5.21. The summed E-state index contributed by atoms with van der Waals surface area (Å²) in [6.07, 6.45) is 1.74. The molecule has 1 amide bonds. The second kappa shape index (κ2) is 8.64. The highest BCUT2D eigenvalue weighted by Crippen LogP contribution is 2.18. The van der Waals surface area contributed by atoms with E-state index in [0.717, 1.165) is 32.6 Å². The Bertz CT molecular complexity index is 826. The fourth-order valence-electron chi connectivity index (χ4n) is 3.53. The van der Waals surface area contributed by atoms with Gasteiger partial charge in [0.15, 0.2) is 0 Å². The number of benzene rings is 1. The Morgan fingerprint density at radius 3 is 2.89 bits per heavy atom. The van der Waals surface area contributed by atoms with Gasteiger partial charge in [0.2, 0.25) is 0 Å². The number of anilines is 1. The number of amides is 1. The van der Waals surface area contributed by atoms with Crippen molar-refractivity contribution in [3.8, 4) is 0 Å². The molecule has 1 aromatic heterocycles. The van der Waals surface area contributed by atoms with Crippen LogP contribution in [0.25, 0.3) is 0 Å². The van der Waals surface area contributed by atoms with Crippen molar-refractivity contribution in [1.82, 2.24) is 25.5 Å². The van der Waals surface area contributed by atoms with Crippen molar-refractivity contribution in [2.24, 2.45) is 0 Å². The number of aromatic nitrogens is 2. The smallest absolute Gasteiger partial charge is 0.270 e.